The second-order valence-corrected chi connectivity index (χ2v) is 4.92. The van der Waals surface area contributed by atoms with E-state index in [4.69, 9.17) is 0 Å². The summed E-state index contributed by atoms with van der Waals surface area (Å²) in [6.45, 7) is 4.31. The summed E-state index contributed by atoms with van der Waals surface area (Å²) in [5.74, 6) is 0.312. The van der Waals surface area contributed by atoms with Crippen molar-refractivity contribution in [1.82, 2.24) is 15.5 Å². The van der Waals surface area contributed by atoms with Crippen LogP contribution in [0.15, 0.2) is 29.1 Å². The highest BCUT2D eigenvalue weighted by Gasteiger charge is 2.08. The quantitative estimate of drug-likeness (QED) is 0.875. The molecule has 19 heavy (non-hydrogen) atoms. The van der Waals surface area contributed by atoms with Gasteiger partial charge in [0.05, 0.1) is 17.6 Å². The van der Waals surface area contributed by atoms with Crippen molar-refractivity contribution in [3.63, 3.8) is 0 Å². The highest BCUT2D eigenvalue weighted by atomic mass is 16.1. The largest absolute Gasteiger partial charge is 0.350 e. The van der Waals surface area contributed by atoms with Crippen LogP contribution in [0.25, 0.3) is 10.8 Å². The normalized spacial score (nSPS) is 10.9. The number of carbonyl (C=O) groups excluding carboxylic acids is 1. The lowest BCUT2D eigenvalue weighted by molar-refractivity contribution is -0.121. The van der Waals surface area contributed by atoms with E-state index in [2.05, 4.69) is 15.5 Å². The second kappa shape index (κ2) is 5.65. The predicted molar refractivity (Wildman–Crippen MR) is 73.7 cm³/mol. The Labute approximate surface area is 111 Å². The summed E-state index contributed by atoms with van der Waals surface area (Å²) in [7, 11) is 0. The van der Waals surface area contributed by atoms with Gasteiger partial charge in [-0.05, 0) is 12.0 Å². The maximum atomic E-state index is 11.6. The zero-order valence-electron chi connectivity index (χ0n) is 11.1. The van der Waals surface area contributed by atoms with E-state index in [1.165, 1.54) is 0 Å². The fourth-order valence-corrected chi connectivity index (χ4v) is 1.93. The van der Waals surface area contributed by atoms with Gasteiger partial charge in [0, 0.05) is 11.8 Å². The summed E-state index contributed by atoms with van der Waals surface area (Å²) in [6.07, 6.45) is 0.487. The van der Waals surface area contributed by atoms with Crippen LogP contribution in [0.1, 0.15) is 26.0 Å². The van der Waals surface area contributed by atoms with Crippen LogP contribution in [0.2, 0.25) is 0 Å². The van der Waals surface area contributed by atoms with Crippen molar-refractivity contribution < 1.29 is 4.79 Å². The molecule has 2 N–H and O–H groups in total. The van der Waals surface area contributed by atoms with E-state index in [0.29, 0.717) is 30.0 Å². The molecule has 0 spiro atoms. The van der Waals surface area contributed by atoms with E-state index >= 15 is 0 Å². The van der Waals surface area contributed by atoms with E-state index in [-0.39, 0.29) is 11.5 Å². The summed E-state index contributed by atoms with van der Waals surface area (Å²) < 4.78 is 0. The molecular weight excluding hydrogens is 242 g/mol. The molecule has 1 aromatic heterocycles. The number of nitrogens with zero attached hydrogens (tertiary/aromatic N) is 1. The molecule has 2 aromatic rings. The number of nitrogens with one attached hydrogen (secondary N) is 2. The summed E-state index contributed by atoms with van der Waals surface area (Å²) in [6, 6.07) is 7.23. The molecule has 1 amide bonds. The zero-order valence-corrected chi connectivity index (χ0v) is 11.1. The first-order valence-corrected chi connectivity index (χ1v) is 6.31. The molecule has 0 radical (unpaired) electrons. The number of hydrogen-bond donors (Lipinski definition) is 2. The van der Waals surface area contributed by atoms with Crippen LogP contribution in [-0.4, -0.2) is 16.1 Å². The standard InChI is InChI=1S/C14H17N3O2/c1-9(2)7-13(18)15-8-12-10-5-3-4-6-11(10)14(19)17-16-12/h3-6,9H,7-8H2,1-2H3,(H,15,18)(H,17,19). The number of aromatic amines is 1. The van der Waals surface area contributed by atoms with Crippen molar-refractivity contribution in [3.8, 4) is 0 Å². The van der Waals surface area contributed by atoms with Crippen LogP contribution in [0.5, 0.6) is 0 Å². The molecule has 0 aliphatic carbocycles. The minimum atomic E-state index is -0.215. The van der Waals surface area contributed by atoms with E-state index in [9.17, 15) is 9.59 Å². The van der Waals surface area contributed by atoms with Gasteiger partial charge in [-0.15, -0.1) is 0 Å². The first kappa shape index (κ1) is 13.3. The smallest absolute Gasteiger partial charge is 0.272 e. The molecule has 5 nitrogen and oxygen atoms in total. The Morgan fingerprint density at radius 3 is 2.68 bits per heavy atom. The lowest BCUT2D eigenvalue weighted by atomic mass is 10.1. The van der Waals surface area contributed by atoms with E-state index in [1.807, 2.05) is 26.0 Å². The fraction of sp³-hybridized carbons (Fsp3) is 0.357. The average Bonchev–Trinajstić information content (AvgIpc) is 2.37. The summed E-state index contributed by atoms with van der Waals surface area (Å²) in [4.78, 5) is 23.2. The lowest BCUT2D eigenvalue weighted by Gasteiger charge is -2.08. The molecule has 2 rings (SSSR count). The molecule has 0 aliphatic rings. The SMILES string of the molecule is CC(C)CC(=O)NCc1n[nH]c(=O)c2ccccc12. The molecular formula is C14H17N3O2. The first-order valence-electron chi connectivity index (χ1n) is 6.31. The Balaban J connectivity index is 2.20. The number of amides is 1. The van der Waals surface area contributed by atoms with Gasteiger partial charge in [0.15, 0.2) is 0 Å². The number of aromatic nitrogens is 2. The van der Waals surface area contributed by atoms with Gasteiger partial charge in [0.2, 0.25) is 5.91 Å². The van der Waals surface area contributed by atoms with Gasteiger partial charge in [-0.25, -0.2) is 5.10 Å². The molecule has 0 atom stereocenters. The lowest BCUT2D eigenvalue weighted by Crippen LogP contribution is -2.25. The van der Waals surface area contributed by atoms with Crippen LogP contribution in [0.3, 0.4) is 0 Å². The van der Waals surface area contributed by atoms with Gasteiger partial charge >= 0.3 is 0 Å². The minimum absolute atomic E-state index is 0.00733. The van der Waals surface area contributed by atoms with E-state index in [0.717, 1.165) is 5.39 Å². The molecule has 1 heterocycles. The molecule has 0 aliphatic heterocycles. The maximum absolute atomic E-state index is 11.6. The molecule has 100 valence electrons. The molecule has 0 saturated heterocycles. The molecule has 0 fully saturated rings. The van der Waals surface area contributed by atoms with Crippen molar-refractivity contribution in [2.75, 3.05) is 0 Å². The highest BCUT2D eigenvalue weighted by Crippen LogP contribution is 2.12. The van der Waals surface area contributed by atoms with Crippen LogP contribution < -0.4 is 10.9 Å². The van der Waals surface area contributed by atoms with Crippen LogP contribution >= 0.6 is 0 Å². The number of H-pyrrole nitrogens is 1. The molecule has 0 bridgehead atoms. The van der Waals surface area contributed by atoms with Crippen molar-refractivity contribution in [3.05, 3.63) is 40.3 Å². The topological polar surface area (TPSA) is 74.8 Å². The summed E-state index contributed by atoms with van der Waals surface area (Å²) >= 11 is 0. The second-order valence-electron chi connectivity index (χ2n) is 4.92. The molecule has 5 heteroatoms. The number of fused-ring (bicyclic) bond motifs is 1. The van der Waals surface area contributed by atoms with Gasteiger partial charge in [-0.1, -0.05) is 32.0 Å². The number of hydrogen-bond acceptors (Lipinski definition) is 3. The van der Waals surface area contributed by atoms with Crippen molar-refractivity contribution >= 4 is 16.7 Å². The van der Waals surface area contributed by atoms with Crippen LogP contribution in [0.4, 0.5) is 0 Å². The zero-order chi connectivity index (χ0) is 13.8. The van der Waals surface area contributed by atoms with Gasteiger partial charge in [-0.3, -0.25) is 9.59 Å². The average molecular weight is 259 g/mol. The van der Waals surface area contributed by atoms with Crippen molar-refractivity contribution in [2.45, 2.75) is 26.8 Å². The third-order valence-electron chi connectivity index (χ3n) is 2.82. The Hall–Kier alpha value is -2.17. The molecule has 1 aromatic carbocycles. The Morgan fingerprint density at radius 1 is 1.32 bits per heavy atom. The Morgan fingerprint density at radius 2 is 2.00 bits per heavy atom. The number of benzene rings is 1. The fourth-order valence-electron chi connectivity index (χ4n) is 1.93. The summed E-state index contributed by atoms with van der Waals surface area (Å²) in [5, 5.41) is 10.6. The Bertz CT molecular complexity index is 646. The van der Waals surface area contributed by atoms with Crippen LogP contribution in [-0.2, 0) is 11.3 Å². The number of rotatable bonds is 4. The highest BCUT2D eigenvalue weighted by molar-refractivity contribution is 5.84. The van der Waals surface area contributed by atoms with Crippen molar-refractivity contribution in [2.24, 2.45) is 5.92 Å². The van der Waals surface area contributed by atoms with E-state index in [1.54, 1.807) is 12.1 Å². The molecule has 0 unspecified atom stereocenters. The minimum Gasteiger partial charge on any atom is -0.350 e. The first-order chi connectivity index (χ1) is 9.08. The number of carbonyl (C=O) groups is 1. The van der Waals surface area contributed by atoms with Gasteiger partial charge in [-0.2, -0.15) is 5.10 Å². The Kier molecular flexibility index (Phi) is 3.94. The third-order valence-corrected chi connectivity index (χ3v) is 2.82. The van der Waals surface area contributed by atoms with Crippen LogP contribution in [0, 0.1) is 5.92 Å². The maximum Gasteiger partial charge on any atom is 0.272 e. The summed E-state index contributed by atoms with van der Waals surface area (Å²) in [5.41, 5.74) is 0.458. The van der Waals surface area contributed by atoms with Gasteiger partial charge < -0.3 is 5.32 Å². The van der Waals surface area contributed by atoms with Crippen molar-refractivity contribution in [1.29, 1.82) is 0 Å². The van der Waals surface area contributed by atoms with E-state index < -0.39 is 0 Å². The third kappa shape index (κ3) is 3.19. The molecule has 0 saturated carbocycles. The predicted octanol–water partition coefficient (Wildman–Crippen LogP) is 1.59. The van der Waals surface area contributed by atoms with Gasteiger partial charge in [0.1, 0.15) is 0 Å². The van der Waals surface area contributed by atoms with Gasteiger partial charge in [0.25, 0.3) is 5.56 Å². The monoisotopic (exact) mass is 259 g/mol.